The summed E-state index contributed by atoms with van der Waals surface area (Å²) >= 11 is 1.72. The van der Waals surface area contributed by atoms with Crippen LogP contribution in [0, 0.1) is 5.82 Å². The third-order valence-corrected chi connectivity index (χ3v) is 4.76. The van der Waals surface area contributed by atoms with Gasteiger partial charge in [0.15, 0.2) is 0 Å². The highest BCUT2D eigenvalue weighted by Crippen LogP contribution is 2.26. The molecule has 2 aromatic heterocycles. The minimum Gasteiger partial charge on any atom is -0.389 e. The fourth-order valence-corrected chi connectivity index (χ4v) is 3.49. The van der Waals surface area contributed by atoms with Crippen molar-refractivity contribution in [1.29, 1.82) is 0 Å². The number of aromatic nitrogens is 2. The Hall–Kier alpha value is -2.41. The zero-order chi connectivity index (χ0) is 15.1. The van der Waals surface area contributed by atoms with Crippen LogP contribution in [0.2, 0.25) is 0 Å². The summed E-state index contributed by atoms with van der Waals surface area (Å²) in [5.74, 6) is -0.189. The number of fused-ring (bicyclic) bond motifs is 2. The Kier molecular flexibility index (Phi) is 3.07. The molecule has 3 aromatic rings. The van der Waals surface area contributed by atoms with Gasteiger partial charge in [-0.25, -0.2) is 9.18 Å². The normalized spacial score (nSPS) is 14.1. The van der Waals surface area contributed by atoms with Crippen LogP contribution in [0.4, 0.5) is 9.18 Å². The van der Waals surface area contributed by atoms with Gasteiger partial charge in [0.1, 0.15) is 5.82 Å². The Bertz CT molecular complexity index is 857. The highest BCUT2D eigenvalue weighted by atomic mass is 32.1. The molecule has 4 rings (SSSR count). The van der Waals surface area contributed by atoms with Crippen LogP contribution in [0.25, 0.3) is 10.9 Å². The van der Waals surface area contributed by atoms with Gasteiger partial charge in [-0.2, -0.15) is 0 Å². The molecule has 22 heavy (non-hydrogen) atoms. The summed E-state index contributed by atoms with van der Waals surface area (Å²) in [7, 11) is 0. The number of benzene rings is 1. The maximum Gasteiger partial charge on any atom is 0.416 e. The first-order valence-corrected chi connectivity index (χ1v) is 7.74. The number of halogens is 1. The van der Waals surface area contributed by atoms with E-state index in [0.717, 1.165) is 6.42 Å². The molecule has 0 fully saturated rings. The minimum absolute atomic E-state index is 0.177. The molecule has 1 aromatic carbocycles. The fourth-order valence-electron chi connectivity index (χ4n) is 2.60. The van der Waals surface area contributed by atoms with Crippen molar-refractivity contribution in [1.82, 2.24) is 15.1 Å². The van der Waals surface area contributed by atoms with Crippen molar-refractivity contribution in [2.75, 3.05) is 6.54 Å². The molecule has 5 nitrogen and oxygen atoms in total. The number of thiophene rings is 1. The van der Waals surface area contributed by atoms with Crippen LogP contribution >= 0.6 is 11.3 Å². The molecule has 1 aliphatic rings. The number of H-pyrrole nitrogens is 1. The molecule has 0 spiro atoms. The van der Waals surface area contributed by atoms with Crippen molar-refractivity contribution in [2.45, 2.75) is 13.0 Å². The number of carbonyl (C=O) groups excluding carboxylic acids is 1. The Morgan fingerprint density at radius 3 is 3.23 bits per heavy atom. The van der Waals surface area contributed by atoms with Crippen molar-refractivity contribution in [3.05, 3.63) is 45.9 Å². The van der Waals surface area contributed by atoms with Crippen LogP contribution in [-0.4, -0.2) is 27.7 Å². The summed E-state index contributed by atoms with van der Waals surface area (Å²) in [5, 5.41) is 9.23. The number of hydrogen-bond donors (Lipinski definition) is 1. The summed E-state index contributed by atoms with van der Waals surface area (Å²) in [6.45, 7) is 1.18. The Balaban J connectivity index is 1.54. The average molecular weight is 317 g/mol. The third kappa shape index (κ3) is 2.23. The van der Waals surface area contributed by atoms with E-state index in [4.69, 9.17) is 4.74 Å². The largest absolute Gasteiger partial charge is 0.416 e. The van der Waals surface area contributed by atoms with Gasteiger partial charge < -0.3 is 9.64 Å². The number of nitrogens with one attached hydrogen (secondary N) is 1. The van der Waals surface area contributed by atoms with E-state index < -0.39 is 6.09 Å². The predicted octanol–water partition coefficient (Wildman–Crippen LogP) is 3.32. The van der Waals surface area contributed by atoms with Crippen LogP contribution in [-0.2, 0) is 13.0 Å². The van der Waals surface area contributed by atoms with Gasteiger partial charge in [0.2, 0.25) is 0 Å². The van der Waals surface area contributed by atoms with Crippen molar-refractivity contribution < 1.29 is 13.9 Å². The van der Waals surface area contributed by atoms with Crippen LogP contribution < -0.4 is 4.74 Å². The Labute approximate surface area is 129 Å². The number of carbonyl (C=O) groups is 1. The Morgan fingerprint density at radius 1 is 1.41 bits per heavy atom. The van der Waals surface area contributed by atoms with Gasteiger partial charge in [0.25, 0.3) is 5.88 Å². The monoisotopic (exact) mass is 317 g/mol. The molecular formula is C15H12FN3O2S. The lowest BCUT2D eigenvalue weighted by Gasteiger charge is -2.25. The van der Waals surface area contributed by atoms with Gasteiger partial charge in [0.05, 0.1) is 17.4 Å². The van der Waals surface area contributed by atoms with Crippen molar-refractivity contribution >= 4 is 28.3 Å². The van der Waals surface area contributed by atoms with Crippen molar-refractivity contribution in [2.24, 2.45) is 0 Å². The lowest BCUT2D eigenvalue weighted by molar-refractivity contribution is 0.146. The first-order chi connectivity index (χ1) is 10.7. The van der Waals surface area contributed by atoms with Crippen LogP contribution in [0.15, 0.2) is 29.6 Å². The third-order valence-electron chi connectivity index (χ3n) is 3.74. The lowest BCUT2D eigenvalue weighted by Crippen LogP contribution is -2.37. The molecule has 0 radical (unpaired) electrons. The first-order valence-electron chi connectivity index (χ1n) is 6.86. The predicted molar refractivity (Wildman–Crippen MR) is 80.5 cm³/mol. The maximum absolute atomic E-state index is 13.1. The van der Waals surface area contributed by atoms with Crippen LogP contribution in [0.1, 0.15) is 10.4 Å². The van der Waals surface area contributed by atoms with E-state index >= 15 is 0 Å². The highest BCUT2D eigenvalue weighted by Gasteiger charge is 2.24. The molecular weight excluding hydrogens is 305 g/mol. The quantitative estimate of drug-likeness (QED) is 0.749. The molecule has 0 bridgehead atoms. The van der Waals surface area contributed by atoms with E-state index in [0.29, 0.717) is 24.0 Å². The summed E-state index contributed by atoms with van der Waals surface area (Å²) in [6.07, 6.45) is 0.406. The van der Waals surface area contributed by atoms with E-state index in [1.807, 2.05) is 11.4 Å². The molecule has 0 saturated carbocycles. The molecule has 0 unspecified atom stereocenters. The molecule has 1 N–H and O–H groups in total. The summed E-state index contributed by atoms with van der Waals surface area (Å²) < 4.78 is 18.5. The lowest BCUT2D eigenvalue weighted by atomic mass is 10.1. The number of ether oxygens (including phenoxy) is 1. The van der Waals surface area contributed by atoms with Gasteiger partial charge in [-0.1, -0.05) is 0 Å². The number of amides is 1. The van der Waals surface area contributed by atoms with E-state index in [1.165, 1.54) is 22.6 Å². The number of aromatic amines is 1. The van der Waals surface area contributed by atoms with Crippen molar-refractivity contribution in [3.8, 4) is 5.88 Å². The molecule has 1 aliphatic heterocycles. The maximum atomic E-state index is 13.1. The smallest absolute Gasteiger partial charge is 0.389 e. The SMILES string of the molecule is O=C(Oc1n[nH]c2cc(F)ccc12)N1CCc2sccc2C1. The average Bonchev–Trinajstić information content (AvgIpc) is 3.13. The Morgan fingerprint density at radius 2 is 2.32 bits per heavy atom. The standard InChI is InChI=1S/C15H12FN3O2S/c16-10-1-2-11-12(7-10)17-18-14(11)21-15(20)19-5-3-13-9(8-19)4-6-22-13/h1-2,4,6-7H,3,5,8H2,(H,17,18). The second-order valence-corrected chi connectivity index (χ2v) is 6.13. The van der Waals surface area contributed by atoms with E-state index in [1.54, 1.807) is 22.3 Å². The molecule has 0 saturated heterocycles. The van der Waals surface area contributed by atoms with Crippen molar-refractivity contribution in [3.63, 3.8) is 0 Å². The molecule has 112 valence electrons. The van der Waals surface area contributed by atoms with E-state index in [2.05, 4.69) is 10.2 Å². The number of rotatable bonds is 1. The van der Waals surface area contributed by atoms with Gasteiger partial charge in [-0.05, 0) is 41.6 Å². The van der Waals surface area contributed by atoms with Gasteiger partial charge in [0, 0.05) is 11.4 Å². The van der Waals surface area contributed by atoms with Gasteiger partial charge >= 0.3 is 6.09 Å². The van der Waals surface area contributed by atoms with Crippen LogP contribution in [0.3, 0.4) is 0 Å². The van der Waals surface area contributed by atoms with E-state index in [9.17, 15) is 9.18 Å². The highest BCUT2D eigenvalue weighted by molar-refractivity contribution is 7.10. The summed E-state index contributed by atoms with van der Waals surface area (Å²) in [4.78, 5) is 15.3. The van der Waals surface area contributed by atoms with Gasteiger partial charge in [-0.15, -0.1) is 16.4 Å². The molecule has 0 aliphatic carbocycles. The molecule has 1 amide bonds. The zero-order valence-corrected chi connectivity index (χ0v) is 12.3. The zero-order valence-electron chi connectivity index (χ0n) is 11.5. The van der Waals surface area contributed by atoms with Gasteiger partial charge in [-0.3, -0.25) is 5.10 Å². The fraction of sp³-hybridized carbons (Fsp3) is 0.200. The number of nitrogens with zero attached hydrogens (tertiary/aromatic N) is 2. The van der Waals surface area contributed by atoms with E-state index in [-0.39, 0.29) is 11.7 Å². The second kappa shape index (κ2) is 5.10. The first kappa shape index (κ1) is 13.3. The summed E-state index contributed by atoms with van der Waals surface area (Å²) in [6, 6.07) is 6.21. The molecule has 7 heteroatoms. The molecule has 3 heterocycles. The minimum atomic E-state index is -0.436. The topological polar surface area (TPSA) is 58.2 Å². The molecule has 0 atom stereocenters. The second-order valence-electron chi connectivity index (χ2n) is 5.13. The van der Waals surface area contributed by atoms with Crippen LogP contribution in [0.5, 0.6) is 5.88 Å². The number of hydrogen-bond acceptors (Lipinski definition) is 4. The summed E-state index contributed by atoms with van der Waals surface area (Å²) in [5.41, 5.74) is 1.67.